The second-order valence-corrected chi connectivity index (χ2v) is 5.89. The Hall–Kier alpha value is -1.36. The van der Waals surface area contributed by atoms with Crippen LogP contribution in [0.25, 0.3) is 5.43 Å². The summed E-state index contributed by atoms with van der Waals surface area (Å²) in [5, 5.41) is 1.98. The standard InChI is InChI=1S/C14H10IN2.C5H5.Fe/c15-13-10-16-17(12-8-2-1-3-9-12)14(13)11-6-4-5-7-11;1-2-4-5-3-1;/h1-10H;1-5H;/q2*-1;+2. The summed E-state index contributed by atoms with van der Waals surface area (Å²) in [6.07, 6.45) is 20.2. The van der Waals surface area contributed by atoms with Gasteiger partial charge in [0.2, 0.25) is 0 Å². The molecule has 2 aliphatic carbocycles. The third kappa shape index (κ3) is 4.56. The molecule has 0 saturated heterocycles. The van der Waals surface area contributed by atoms with Gasteiger partial charge in [-0.05, 0) is 40.3 Å². The van der Waals surface area contributed by atoms with Gasteiger partial charge in [0.15, 0.2) is 0 Å². The number of para-hydroxylation sites is 1. The minimum atomic E-state index is 0. The minimum absolute atomic E-state index is 0. The van der Waals surface area contributed by atoms with E-state index in [1.807, 2.05) is 73.0 Å². The summed E-state index contributed by atoms with van der Waals surface area (Å²) >= 11 is 2.33. The van der Waals surface area contributed by atoms with Crippen molar-refractivity contribution < 1.29 is 17.1 Å². The summed E-state index contributed by atoms with van der Waals surface area (Å²) in [4.78, 5) is 0. The Balaban J connectivity index is 0.000000276. The molecule has 1 aromatic rings. The second-order valence-electron chi connectivity index (χ2n) is 4.72. The first-order valence-corrected chi connectivity index (χ1v) is 8.12. The van der Waals surface area contributed by atoms with Gasteiger partial charge < -0.3 is 10.4 Å². The molecule has 3 aliphatic rings. The normalized spacial score (nSPS) is 17.3. The summed E-state index contributed by atoms with van der Waals surface area (Å²) in [5.74, 6) is 0. The fourth-order valence-electron chi connectivity index (χ4n) is 2.21. The molecule has 116 valence electrons. The average molecular weight is 454 g/mol. The fourth-order valence-corrected chi connectivity index (χ4v) is 2.87. The van der Waals surface area contributed by atoms with E-state index in [0.29, 0.717) is 0 Å². The average Bonchev–Trinajstić information content (AvgIpc) is 3.31. The third-order valence-electron chi connectivity index (χ3n) is 3.22. The number of nitrogens with zero attached hydrogens (tertiary/aromatic N) is 2. The van der Waals surface area contributed by atoms with E-state index < -0.39 is 0 Å². The third-order valence-corrected chi connectivity index (χ3v) is 4.01. The first-order valence-electron chi connectivity index (χ1n) is 7.04. The molecule has 4 heteroatoms. The van der Waals surface area contributed by atoms with Crippen LogP contribution in [0.4, 0.5) is 5.69 Å². The van der Waals surface area contributed by atoms with Gasteiger partial charge in [0, 0.05) is 15.0 Å². The predicted molar refractivity (Wildman–Crippen MR) is 102 cm³/mol. The monoisotopic (exact) mass is 454 g/mol. The molecule has 1 aliphatic heterocycles. The van der Waals surface area contributed by atoms with Crippen molar-refractivity contribution in [1.29, 1.82) is 0 Å². The van der Waals surface area contributed by atoms with Crippen molar-refractivity contribution in [3.63, 3.8) is 0 Å². The van der Waals surface area contributed by atoms with Crippen LogP contribution in [0.1, 0.15) is 0 Å². The fraction of sp³-hybridized carbons (Fsp3) is 0. The molecule has 0 fully saturated rings. The van der Waals surface area contributed by atoms with E-state index in [1.54, 1.807) is 0 Å². The number of anilines is 1. The smallest absolute Gasteiger partial charge is 0.595 e. The molecule has 1 aromatic carbocycles. The molecule has 4 rings (SSSR count). The maximum absolute atomic E-state index is 4.45. The molecule has 1 heterocycles. The molecule has 2 nitrogen and oxygen atoms in total. The van der Waals surface area contributed by atoms with Gasteiger partial charge in [-0.1, -0.05) is 42.5 Å². The zero-order valence-electron chi connectivity index (χ0n) is 12.3. The maximum atomic E-state index is 4.45. The van der Waals surface area contributed by atoms with Crippen molar-refractivity contribution in [1.82, 2.24) is 0 Å². The first kappa shape index (κ1) is 18.0. The topological polar surface area (TPSA) is 17.3 Å². The van der Waals surface area contributed by atoms with Gasteiger partial charge >= 0.3 is 17.1 Å². The Kier molecular flexibility index (Phi) is 7.09. The zero-order valence-corrected chi connectivity index (χ0v) is 15.5. The van der Waals surface area contributed by atoms with Crippen LogP contribution < -0.4 is 5.01 Å². The number of benzene rings is 1. The van der Waals surface area contributed by atoms with E-state index >= 15 is 0 Å². The molecule has 0 bridgehead atoms. The molecular weight excluding hydrogens is 439 g/mol. The minimum Gasteiger partial charge on any atom is -0.595 e. The van der Waals surface area contributed by atoms with E-state index in [9.17, 15) is 0 Å². The van der Waals surface area contributed by atoms with Crippen molar-refractivity contribution >= 4 is 28.3 Å². The van der Waals surface area contributed by atoms with Crippen LogP contribution in [0, 0.1) is 19.3 Å². The molecule has 0 amide bonds. The van der Waals surface area contributed by atoms with E-state index in [1.165, 1.54) is 5.57 Å². The van der Waals surface area contributed by atoms with Crippen LogP contribution in [-0.2, 0) is 17.1 Å². The Labute approximate surface area is 162 Å². The van der Waals surface area contributed by atoms with Crippen LogP contribution in [-0.4, -0.2) is 0 Å². The molecule has 0 atom stereocenters. The van der Waals surface area contributed by atoms with Gasteiger partial charge in [-0.25, -0.2) is 18.6 Å². The van der Waals surface area contributed by atoms with E-state index in [4.69, 9.17) is 0 Å². The number of hydrogen-bond acceptors (Lipinski definition) is 1. The van der Waals surface area contributed by atoms with Gasteiger partial charge in [-0.15, -0.1) is 19.0 Å². The van der Waals surface area contributed by atoms with Crippen molar-refractivity contribution in [2.75, 3.05) is 5.01 Å². The second kappa shape index (κ2) is 9.06. The van der Waals surface area contributed by atoms with Gasteiger partial charge in [0.1, 0.15) is 0 Å². The summed E-state index contributed by atoms with van der Waals surface area (Å²) in [6.45, 7) is 0. The molecule has 2 radical (unpaired) electrons. The molecular formula is C19H15FeIN2. The number of rotatable bonds is 1. The predicted octanol–water partition coefficient (Wildman–Crippen LogP) is 5.62. The maximum Gasteiger partial charge on any atom is 2.00 e. The molecule has 0 saturated carbocycles. The Morgan fingerprint density at radius 2 is 1.74 bits per heavy atom. The van der Waals surface area contributed by atoms with Gasteiger partial charge in [-0.2, -0.15) is 0 Å². The summed E-state index contributed by atoms with van der Waals surface area (Å²) in [6, 6.07) is 10.2. The largest absolute Gasteiger partial charge is 2.00 e. The van der Waals surface area contributed by atoms with Crippen molar-refractivity contribution in [2.24, 2.45) is 0 Å². The Bertz CT molecular complexity index is 652. The summed E-state index contributed by atoms with van der Waals surface area (Å²) in [5.41, 5.74) is 7.90. The molecule has 0 N–H and O–H groups in total. The SMILES string of the molecule is IC1=C[N-]N(c2ccccc2)C1=C1C=CC=C1.[CH]1[CH][CH-]C=C1.[Fe+2]. The number of allylic oxidation sites excluding steroid dienone is 8. The van der Waals surface area contributed by atoms with E-state index in [2.05, 4.69) is 52.3 Å². The van der Waals surface area contributed by atoms with Crippen LogP contribution in [0.2, 0.25) is 0 Å². The zero-order chi connectivity index (χ0) is 15.2. The van der Waals surface area contributed by atoms with Gasteiger partial charge in [-0.3, -0.25) is 0 Å². The molecule has 0 unspecified atom stereocenters. The van der Waals surface area contributed by atoms with Crippen LogP contribution in [0.5, 0.6) is 0 Å². The Morgan fingerprint density at radius 3 is 2.30 bits per heavy atom. The van der Waals surface area contributed by atoms with E-state index in [-0.39, 0.29) is 17.1 Å². The van der Waals surface area contributed by atoms with Gasteiger partial charge in [0.25, 0.3) is 0 Å². The van der Waals surface area contributed by atoms with Crippen LogP contribution >= 0.6 is 22.6 Å². The van der Waals surface area contributed by atoms with Crippen molar-refractivity contribution in [3.05, 3.63) is 113 Å². The van der Waals surface area contributed by atoms with Gasteiger partial charge in [0.05, 0.1) is 0 Å². The van der Waals surface area contributed by atoms with E-state index in [0.717, 1.165) is 15.0 Å². The van der Waals surface area contributed by atoms with Crippen molar-refractivity contribution in [3.8, 4) is 0 Å². The quantitative estimate of drug-likeness (QED) is 0.306. The molecule has 0 aromatic heterocycles. The van der Waals surface area contributed by atoms with Crippen molar-refractivity contribution in [2.45, 2.75) is 0 Å². The Morgan fingerprint density at radius 1 is 1.00 bits per heavy atom. The molecule has 23 heavy (non-hydrogen) atoms. The summed E-state index contributed by atoms with van der Waals surface area (Å²) < 4.78 is 1.16. The summed E-state index contributed by atoms with van der Waals surface area (Å²) in [7, 11) is 0. The number of hydrogen-bond donors (Lipinski definition) is 0. The number of halogens is 1. The first-order chi connectivity index (χ1) is 10.9. The van der Waals surface area contributed by atoms with Crippen LogP contribution in [0.15, 0.2) is 87.8 Å². The molecule has 0 spiro atoms. The van der Waals surface area contributed by atoms with Crippen LogP contribution in [0.3, 0.4) is 0 Å².